The largest absolute Gasteiger partial charge is 0.462 e. The number of anilines is 1. The van der Waals surface area contributed by atoms with Crippen molar-refractivity contribution in [3.8, 4) is 0 Å². The van der Waals surface area contributed by atoms with Crippen LogP contribution in [0.2, 0.25) is 0 Å². The third-order valence-corrected chi connectivity index (χ3v) is 4.40. The molecule has 1 N–H and O–H groups in total. The Hall–Kier alpha value is -2.68. The zero-order chi connectivity index (χ0) is 17.7. The van der Waals surface area contributed by atoms with Crippen LogP contribution in [0.15, 0.2) is 46.5 Å². The Bertz CT molecular complexity index is 800. The van der Waals surface area contributed by atoms with Crippen molar-refractivity contribution in [2.45, 2.75) is 13.8 Å². The number of carbonyl (C=O) groups excluding carboxylic acids is 2. The lowest BCUT2D eigenvalue weighted by atomic mass is 10.2. The highest BCUT2D eigenvalue weighted by molar-refractivity contribution is 7.88. The van der Waals surface area contributed by atoms with E-state index >= 15 is 0 Å². The lowest BCUT2D eigenvalue weighted by Crippen LogP contribution is -2.37. The molecule has 0 fully saturated rings. The Labute approximate surface area is 140 Å². The summed E-state index contributed by atoms with van der Waals surface area (Å²) < 4.78 is 33.2. The zero-order valence-corrected chi connectivity index (χ0v) is 14.0. The first-order valence-corrected chi connectivity index (χ1v) is 8.55. The molecule has 8 nitrogen and oxygen atoms in total. The number of hydrogen-bond donors (Lipinski definition) is 1. The molecule has 1 aliphatic rings. The van der Waals surface area contributed by atoms with E-state index in [-0.39, 0.29) is 17.9 Å². The molecule has 2 rings (SSSR count). The predicted octanol–water partition coefficient (Wildman–Crippen LogP) is 1.09. The van der Waals surface area contributed by atoms with Gasteiger partial charge in [-0.25, -0.2) is 9.10 Å². The number of amides is 1. The Morgan fingerprint density at radius 1 is 1.25 bits per heavy atom. The maximum Gasteiger partial charge on any atom is 0.344 e. The fraction of sp³-hybridized carbons (Fsp3) is 0.267. The van der Waals surface area contributed by atoms with E-state index < -0.39 is 28.6 Å². The topological polar surface area (TPSA) is 105 Å². The highest BCUT2D eigenvalue weighted by Gasteiger charge is 2.30. The van der Waals surface area contributed by atoms with Crippen LogP contribution < -0.4 is 5.32 Å². The molecule has 0 aliphatic carbocycles. The van der Waals surface area contributed by atoms with Gasteiger partial charge >= 0.3 is 16.2 Å². The molecule has 24 heavy (non-hydrogen) atoms. The van der Waals surface area contributed by atoms with Crippen LogP contribution in [0.25, 0.3) is 0 Å². The van der Waals surface area contributed by atoms with Gasteiger partial charge in [-0.3, -0.25) is 4.79 Å². The Morgan fingerprint density at radius 3 is 2.54 bits per heavy atom. The fourth-order valence-electron chi connectivity index (χ4n) is 1.98. The first-order chi connectivity index (χ1) is 11.3. The van der Waals surface area contributed by atoms with E-state index in [9.17, 15) is 18.0 Å². The van der Waals surface area contributed by atoms with Gasteiger partial charge < -0.3 is 10.1 Å². The normalized spacial score (nSPS) is 16.0. The summed E-state index contributed by atoms with van der Waals surface area (Å²) in [5.74, 6) is -1.25. The van der Waals surface area contributed by atoms with Gasteiger partial charge in [0.05, 0.1) is 17.9 Å². The molecular weight excluding hydrogens is 334 g/mol. The van der Waals surface area contributed by atoms with E-state index in [0.29, 0.717) is 9.99 Å². The second-order valence-corrected chi connectivity index (χ2v) is 6.42. The van der Waals surface area contributed by atoms with Crippen LogP contribution >= 0.6 is 0 Å². The van der Waals surface area contributed by atoms with E-state index in [1.54, 1.807) is 37.3 Å². The molecule has 0 atom stereocenters. The molecule has 0 aromatic heterocycles. The summed E-state index contributed by atoms with van der Waals surface area (Å²) in [5, 5.41) is 2.57. The summed E-state index contributed by atoms with van der Waals surface area (Å²) in [5.41, 5.74) is 0.554. The minimum Gasteiger partial charge on any atom is -0.462 e. The predicted molar refractivity (Wildman–Crippen MR) is 88.5 cm³/mol. The van der Waals surface area contributed by atoms with Crippen LogP contribution in [0.4, 0.5) is 5.69 Å². The summed E-state index contributed by atoms with van der Waals surface area (Å²) in [6.45, 7) is 2.67. The van der Waals surface area contributed by atoms with Crippen LogP contribution in [0.5, 0.6) is 0 Å². The molecule has 1 heterocycles. The monoisotopic (exact) mass is 351 g/mol. The number of benzene rings is 1. The van der Waals surface area contributed by atoms with Crippen molar-refractivity contribution in [1.82, 2.24) is 4.31 Å². The van der Waals surface area contributed by atoms with Gasteiger partial charge in [0, 0.05) is 11.9 Å². The lowest BCUT2D eigenvalue weighted by molar-refractivity contribution is -0.138. The molecule has 0 saturated carbocycles. The number of rotatable bonds is 5. The highest BCUT2D eigenvalue weighted by atomic mass is 32.2. The van der Waals surface area contributed by atoms with Gasteiger partial charge in [0.15, 0.2) is 0 Å². The number of nitrogens with one attached hydrogen (secondary N) is 1. The van der Waals surface area contributed by atoms with E-state index in [2.05, 4.69) is 9.71 Å². The second kappa shape index (κ2) is 7.26. The Morgan fingerprint density at radius 2 is 1.92 bits per heavy atom. The van der Waals surface area contributed by atoms with Crippen molar-refractivity contribution >= 4 is 33.5 Å². The van der Waals surface area contributed by atoms with Gasteiger partial charge in [0.25, 0.3) is 0 Å². The number of nitrogens with zero attached hydrogens (tertiary/aromatic N) is 2. The van der Waals surface area contributed by atoms with Gasteiger partial charge in [0.1, 0.15) is 6.54 Å². The third-order valence-electron chi connectivity index (χ3n) is 3.06. The summed E-state index contributed by atoms with van der Waals surface area (Å²) >= 11 is 0. The van der Waals surface area contributed by atoms with Crippen LogP contribution in [-0.4, -0.2) is 43.5 Å². The highest BCUT2D eigenvalue weighted by Crippen LogP contribution is 2.17. The first-order valence-electron chi connectivity index (χ1n) is 7.16. The molecule has 9 heteroatoms. The van der Waals surface area contributed by atoms with Crippen molar-refractivity contribution in [1.29, 1.82) is 0 Å². The minimum atomic E-state index is -4.07. The third kappa shape index (κ3) is 4.19. The molecule has 0 radical (unpaired) electrons. The molecule has 1 aliphatic heterocycles. The maximum atomic E-state index is 12.1. The molecular formula is C15H17N3O5S. The van der Waals surface area contributed by atoms with Crippen molar-refractivity contribution in [3.63, 3.8) is 0 Å². The van der Waals surface area contributed by atoms with E-state index in [1.165, 1.54) is 6.92 Å². The number of esters is 1. The zero-order valence-electron chi connectivity index (χ0n) is 13.2. The summed E-state index contributed by atoms with van der Waals surface area (Å²) in [6, 6.07) is 8.60. The minimum absolute atomic E-state index is 0.000754. The van der Waals surface area contributed by atoms with Gasteiger partial charge in [-0.2, -0.15) is 8.42 Å². The molecule has 0 saturated heterocycles. The number of hydrogen-bond acceptors (Lipinski definition) is 5. The van der Waals surface area contributed by atoms with E-state index in [0.717, 1.165) is 6.20 Å². The molecule has 0 unspecified atom stereocenters. The maximum absolute atomic E-state index is 12.1. The SMILES string of the molecule is CCOC(=O)C1=CN(CC(=O)Nc2ccccc2)S(=O)(=O)N=C1C. The average molecular weight is 351 g/mol. The van der Waals surface area contributed by atoms with E-state index in [1.807, 2.05) is 0 Å². The fourth-order valence-corrected chi connectivity index (χ4v) is 3.05. The van der Waals surface area contributed by atoms with Crippen LogP contribution in [0, 0.1) is 0 Å². The Balaban J connectivity index is 2.17. The number of ether oxygens (including phenoxy) is 1. The molecule has 128 valence electrons. The molecule has 1 aromatic rings. The van der Waals surface area contributed by atoms with Crippen LogP contribution in [0.1, 0.15) is 13.8 Å². The summed E-state index contributed by atoms with van der Waals surface area (Å²) in [7, 11) is -4.07. The van der Waals surface area contributed by atoms with Gasteiger partial charge in [-0.05, 0) is 26.0 Å². The van der Waals surface area contributed by atoms with Crippen molar-refractivity contribution in [2.75, 3.05) is 18.5 Å². The van der Waals surface area contributed by atoms with Crippen LogP contribution in [0.3, 0.4) is 0 Å². The number of para-hydroxylation sites is 1. The molecule has 0 spiro atoms. The van der Waals surface area contributed by atoms with Gasteiger partial charge in [-0.1, -0.05) is 18.2 Å². The molecule has 0 bridgehead atoms. The average Bonchev–Trinajstić information content (AvgIpc) is 2.50. The Kier molecular flexibility index (Phi) is 5.35. The molecule has 1 aromatic carbocycles. The van der Waals surface area contributed by atoms with Crippen molar-refractivity contribution in [3.05, 3.63) is 42.1 Å². The van der Waals surface area contributed by atoms with E-state index in [4.69, 9.17) is 4.74 Å². The van der Waals surface area contributed by atoms with Crippen molar-refractivity contribution in [2.24, 2.45) is 4.40 Å². The lowest BCUT2D eigenvalue weighted by Gasteiger charge is -2.22. The summed E-state index contributed by atoms with van der Waals surface area (Å²) in [6.07, 6.45) is 1.07. The summed E-state index contributed by atoms with van der Waals surface area (Å²) in [4.78, 5) is 23.9. The second-order valence-electron chi connectivity index (χ2n) is 4.88. The number of carbonyl (C=O) groups is 2. The standard InChI is InChI=1S/C15H17N3O5S/c1-3-23-15(20)13-9-18(24(21,22)17-11(13)2)10-14(19)16-12-7-5-4-6-8-12/h4-9H,3,10H2,1-2H3,(H,16,19). The van der Waals surface area contributed by atoms with Gasteiger partial charge in [-0.15, -0.1) is 4.40 Å². The first kappa shape index (κ1) is 17.7. The van der Waals surface area contributed by atoms with Crippen molar-refractivity contribution < 1.29 is 22.7 Å². The smallest absolute Gasteiger partial charge is 0.344 e. The quantitative estimate of drug-likeness (QED) is 0.800. The van der Waals surface area contributed by atoms with Crippen LogP contribution in [-0.2, 0) is 24.5 Å². The van der Waals surface area contributed by atoms with Gasteiger partial charge in [0.2, 0.25) is 5.91 Å². The molecule has 1 amide bonds.